The molecular formula is C11H15N2O8PS. The van der Waals surface area contributed by atoms with Gasteiger partial charge >= 0.3 is 12.4 Å². The Labute approximate surface area is 134 Å². The molecule has 0 aromatic carbocycles. The number of nitrogens with zero attached hydrogens (tertiary/aromatic N) is 1. The Morgan fingerprint density at radius 1 is 1.57 bits per heavy atom. The van der Waals surface area contributed by atoms with Crippen molar-refractivity contribution >= 4 is 18.5 Å². The summed E-state index contributed by atoms with van der Waals surface area (Å²) in [6.07, 6.45) is -1.67. The summed E-state index contributed by atoms with van der Waals surface area (Å²) in [4.78, 5) is 44.4. The highest BCUT2D eigenvalue weighted by Crippen LogP contribution is 2.52. The number of fused-ring (bicyclic) bond motifs is 2. The minimum atomic E-state index is -4.04. The van der Waals surface area contributed by atoms with Gasteiger partial charge in [-0.15, -0.1) is 0 Å². The highest BCUT2D eigenvalue weighted by atomic mass is 32.5. The molecule has 2 aliphatic rings. The minimum absolute atomic E-state index is 0.0538. The molecule has 2 fully saturated rings. The van der Waals surface area contributed by atoms with Crippen LogP contribution in [-0.4, -0.2) is 55.5 Å². The van der Waals surface area contributed by atoms with Crippen molar-refractivity contribution < 1.29 is 28.9 Å². The van der Waals surface area contributed by atoms with Crippen molar-refractivity contribution in [2.24, 2.45) is 0 Å². The van der Waals surface area contributed by atoms with Crippen LogP contribution in [0.15, 0.2) is 15.8 Å². The maximum absolute atomic E-state index is 12.0. The van der Waals surface area contributed by atoms with Crippen LogP contribution in [0.1, 0.15) is 11.8 Å². The van der Waals surface area contributed by atoms with Gasteiger partial charge in [0.1, 0.15) is 17.8 Å². The molecule has 0 unspecified atom stereocenters. The Hall–Kier alpha value is -0.910. The summed E-state index contributed by atoms with van der Waals surface area (Å²) in [5, 5.41) is 9.63. The quantitative estimate of drug-likeness (QED) is 0.449. The van der Waals surface area contributed by atoms with Crippen LogP contribution in [0.2, 0.25) is 0 Å². The Morgan fingerprint density at radius 3 is 2.87 bits per heavy atom. The van der Waals surface area contributed by atoms with Crippen LogP contribution in [0.3, 0.4) is 0 Å². The Morgan fingerprint density at radius 2 is 2.26 bits per heavy atom. The number of hydrogen-bond donors (Lipinski definition) is 4. The predicted octanol–water partition coefficient (Wildman–Crippen LogP) is -1.90. The normalized spacial score (nSPS) is 33.3. The third-order valence-corrected chi connectivity index (χ3v) is 4.67. The average molecular weight is 366 g/mol. The Balaban J connectivity index is 2.02. The molecule has 1 aromatic heterocycles. The smallest absolute Gasteiger partial charge is 0.330 e. The van der Waals surface area contributed by atoms with Crippen molar-refractivity contribution in [2.75, 3.05) is 13.2 Å². The summed E-state index contributed by atoms with van der Waals surface area (Å²) in [6.45, 7) is -3.11. The second-order valence-electron chi connectivity index (χ2n) is 5.50. The number of nitrogens with one attached hydrogen (secondary N) is 1. The van der Waals surface area contributed by atoms with Crippen LogP contribution >= 0.6 is 6.72 Å². The Bertz CT molecular complexity index is 787. The summed E-state index contributed by atoms with van der Waals surface area (Å²) in [5.74, 6) is 0. The van der Waals surface area contributed by atoms with E-state index in [1.54, 1.807) is 0 Å². The van der Waals surface area contributed by atoms with Gasteiger partial charge in [0.05, 0.1) is 13.2 Å². The van der Waals surface area contributed by atoms with Crippen molar-refractivity contribution in [1.29, 1.82) is 0 Å². The lowest BCUT2D eigenvalue weighted by Crippen LogP contribution is -2.45. The van der Waals surface area contributed by atoms with Crippen molar-refractivity contribution in [3.8, 4) is 0 Å². The summed E-state index contributed by atoms with van der Waals surface area (Å²) in [6, 6.07) is 0. The minimum Gasteiger partial charge on any atom is -0.393 e. The van der Waals surface area contributed by atoms with Gasteiger partial charge in [-0.05, 0) is 18.7 Å². The summed E-state index contributed by atoms with van der Waals surface area (Å²) in [5.41, 5.74) is -2.34. The van der Waals surface area contributed by atoms with E-state index in [2.05, 4.69) is 16.8 Å². The lowest BCUT2D eigenvalue weighted by Gasteiger charge is -2.30. The van der Waals surface area contributed by atoms with Gasteiger partial charge in [-0.3, -0.25) is 18.9 Å². The highest BCUT2D eigenvalue weighted by molar-refractivity contribution is 8.06. The second-order valence-corrected chi connectivity index (χ2v) is 8.12. The number of ether oxygens (including phenoxy) is 2. The van der Waals surface area contributed by atoms with E-state index in [0.29, 0.717) is 0 Å². The second kappa shape index (κ2) is 5.57. The lowest BCUT2D eigenvalue weighted by molar-refractivity contribution is -0.187. The molecule has 12 heteroatoms. The molecule has 4 atom stereocenters. The topological polar surface area (TPSA) is 143 Å². The number of H-pyrrole nitrogens is 1. The molecule has 0 aliphatic carbocycles. The summed E-state index contributed by atoms with van der Waals surface area (Å²) >= 11 is 4.46. The fourth-order valence-electron chi connectivity index (χ4n) is 2.81. The molecule has 10 nitrogen and oxygen atoms in total. The maximum atomic E-state index is 12.0. The average Bonchev–Trinajstić information content (AvgIpc) is 2.93. The van der Waals surface area contributed by atoms with Crippen molar-refractivity contribution in [2.45, 2.75) is 31.0 Å². The van der Waals surface area contributed by atoms with Gasteiger partial charge in [0.15, 0.2) is 6.23 Å². The van der Waals surface area contributed by atoms with Gasteiger partial charge in [-0.25, -0.2) is 4.79 Å². The fraction of sp³-hybridized carbons (Fsp3) is 0.636. The summed E-state index contributed by atoms with van der Waals surface area (Å²) in [7, 11) is 0. The van der Waals surface area contributed by atoms with Crippen molar-refractivity contribution in [3.63, 3.8) is 0 Å². The molecule has 0 spiro atoms. The third-order valence-electron chi connectivity index (χ3n) is 3.91. The molecule has 0 saturated carbocycles. The number of aromatic amines is 1. The van der Waals surface area contributed by atoms with Gasteiger partial charge in [0.2, 0.25) is 0 Å². The predicted molar refractivity (Wildman–Crippen MR) is 79.3 cm³/mol. The zero-order valence-corrected chi connectivity index (χ0v) is 13.6. The number of rotatable bonds is 4. The first kappa shape index (κ1) is 16.9. The van der Waals surface area contributed by atoms with E-state index in [-0.39, 0.29) is 12.2 Å². The monoisotopic (exact) mass is 366 g/mol. The van der Waals surface area contributed by atoms with E-state index in [0.717, 1.165) is 4.57 Å². The zero-order chi connectivity index (χ0) is 17.0. The first-order valence-electron chi connectivity index (χ1n) is 6.63. The number of hydrogen-bond acceptors (Lipinski definition) is 7. The van der Waals surface area contributed by atoms with E-state index in [1.807, 2.05) is 0 Å². The van der Waals surface area contributed by atoms with Crippen LogP contribution in [0, 0.1) is 6.92 Å². The van der Waals surface area contributed by atoms with Crippen LogP contribution in [0.4, 0.5) is 0 Å². The molecule has 23 heavy (non-hydrogen) atoms. The van der Waals surface area contributed by atoms with E-state index < -0.39 is 48.6 Å². The van der Waals surface area contributed by atoms with Crippen LogP contribution in [0.25, 0.3) is 0 Å². The van der Waals surface area contributed by atoms with Gasteiger partial charge in [-0.2, -0.15) is 0 Å². The van der Waals surface area contributed by atoms with E-state index in [1.165, 1.54) is 13.1 Å². The number of aryl methyl sites for hydroxylation is 1. The van der Waals surface area contributed by atoms with Gasteiger partial charge in [-0.1, -0.05) is 0 Å². The summed E-state index contributed by atoms with van der Waals surface area (Å²) < 4.78 is 17.4. The van der Waals surface area contributed by atoms with Gasteiger partial charge < -0.3 is 24.4 Å². The maximum Gasteiger partial charge on any atom is 0.330 e. The Kier molecular flexibility index (Phi) is 4.10. The first-order valence-corrected chi connectivity index (χ1v) is 9.26. The van der Waals surface area contributed by atoms with Crippen LogP contribution in [-0.2, 0) is 25.8 Å². The molecule has 2 aliphatic heterocycles. The molecular weight excluding hydrogens is 351 g/mol. The number of aromatic nitrogens is 2. The lowest BCUT2D eigenvalue weighted by atomic mass is 10.0. The number of aliphatic hydroxyl groups is 1. The molecule has 2 bridgehead atoms. The molecule has 3 rings (SSSR count). The van der Waals surface area contributed by atoms with Crippen molar-refractivity contribution in [3.05, 3.63) is 32.6 Å². The SMILES string of the molecule is Cc1cn([C@@H]2O[C@@]3(CO)CO[C@@H]2[C@@H]3OP(O)(O)=S)c(=O)[nH]c1=O. The van der Waals surface area contributed by atoms with Crippen molar-refractivity contribution in [1.82, 2.24) is 9.55 Å². The van der Waals surface area contributed by atoms with E-state index >= 15 is 0 Å². The molecule has 0 amide bonds. The molecule has 3 heterocycles. The van der Waals surface area contributed by atoms with Crippen LogP contribution in [0.5, 0.6) is 0 Å². The molecule has 2 saturated heterocycles. The highest BCUT2D eigenvalue weighted by Gasteiger charge is 2.64. The van der Waals surface area contributed by atoms with Gasteiger partial charge in [0.25, 0.3) is 5.56 Å². The van der Waals surface area contributed by atoms with E-state index in [9.17, 15) is 24.5 Å². The van der Waals surface area contributed by atoms with E-state index in [4.69, 9.17) is 14.0 Å². The molecule has 1 aromatic rings. The first-order chi connectivity index (χ1) is 10.7. The molecule has 4 N–H and O–H groups in total. The fourth-order valence-corrected chi connectivity index (χ4v) is 3.70. The molecule has 0 radical (unpaired) electrons. The number of aliphatic hydroxyl groups excluding tert-OH is 1. The standard InChI is InChI=1S/C11H15N2O8PS/c1-5-2-13(10(16)12-8(5)15)9-6-7(21-22(17,18)23)11(3-14,20-9)4-19-6/h2,6-7,9,14H,3-4H2,1H3,(H,12,15,16)(H2,17,18,23)/t6-,7+,9-,11+/m1/s1. The van der Waals surface area contributed by atoms with Gasteiger partial charge in [0, 0.05) is 11.8 Å². The van der Waals surface area contributed by atoms with Crippen LogP contribution < -0.4 is 11.2 Å². The zero-order valence-electron chi connectivity index (χ0n) is 11.9. The molecule has 128 valence electrons. The third kappa shape index (κ3) is 2.83. The largest absolute Gasteiger partial charge is 0.393 e.